The lowest BCUT2D eigenvalue weighted by molar-refractivity contribution is -0.143. The van der Waals surface area contributed by atoms with Gasteiger partial charge in [-0.05, 0) is 46.7 Å². The summed E-state index contributed by atoms with van der Waals surface area (Å²) in [5.74, 6) is -4.93. The van der Waals surface area contributed by atoms with Gasteiger partial charge in [0.05, 0.1) is 12.6 Å². The maximum atomic E-state index is 14.3. The molecule has 1 aliphatic heterocycles. The van der Waals surface area contributed by atoms with E-state index in [4.69, 9.17) is 5.73 Å². The molecule has 9 N–H and O–H groups in total. The number of fused-ring (bicyclic) bond motifs is 3. The third kappa shape index (κ3) is 10.8. The van der Waals surface area contributed by atoms with Crippen LogP contribution in [0.3, 0.4) is 0 Å². The number of aromatic hydroxyl groups is 1. The van der Waals surface area contributed by atoms with Gasteiger partial charge in [-0.15, -0.1) is 0 Å². The number of carbonyl (C=O) groups excluding carboxylic acids is 5. The quantitative estimate of drug-likeness (QED) is 0.0782. The van der Waals surface area contributed by atoms with Crippen LogP contribution in [0.1, 0.15) is 56.5 Å². The summed E-state index contributed by atoms with van der Waals surface area (Å²) in [5, 5.41) is 31.5. The lowest BCUT2D eigenvalue weighted by Crippen LogP contribution is -2.60. The number of carbonyl (C=O) groups is 6. The number of carboxylic acid groups (broad SMARTS) is 1. The molecule has 15 heteroatoms. The molecule has 5 amide bonds. The summed E-state index contributed by atoms with van der Waals surface area (Å²) in [4.78, 5) is 86.0. The van der Waals surface area contributed by atoms with Gasteiger partial charge >= 0.3 is 5.97 Å². The highest BCUT2D eigenvalue weighted by Gasteiger charge is 2.37. The summed E-state index contributed by atoms with van der Waals surface area (Å²) >= 11 is 0. The molecule has 308 valence electrons. The number of rotatable bonds is 17. The number of aromatic amines is 1. The van der Waals surface area contributed by atoms with Crippen LogP contribution in [0.15, 0.2) is 78.9 Å². The molecular formula is C43H53N7O8. The zero-order chi connectivity index (χ0) is 42.1. The Morgan fingerprint density at radius 1 is 0.828 bits per heavy atom. The third-order valence-electron chi connectivity index (χ3n) is 10.7. The number of nitrogens with zero attached hydrogens (tertiary/aromatic N) is 1. The smallest absolute Gasteiger partial charge is 0.326 e. The van der Waals surface area contributed by atoms with Crippen molar-refractivity contribution in [2.24, 2.45) is 17.6 Å². The highest BCUT2D eigenvalue weighted by molar-refractivity contribution is 5.97. The number of nitrogens with two attached hydrogens (primary N) is 1. The predicted molar refractivity (Wildman–Crippen MR) is 217 cm³/mol. The van der Waals surface area contributed by atoms with Gasteiger partial charge in [-0.25, -0.2) is 4.79 Å². The van der Waals surface area contributed by atoms with Gasteiger partial charge in [-0.3, -0.25) is 24.0 Å². The van der Waals surface area contributed by atoms with Crippen LogP contribution in [-0.4, -0.2) is 92.4 Å². The van der Waals surface area contributed by atoms with Crippen LogP contribution < -0.4 is 27.0 Å². The fraction of sp³-hybridized carbons (Fsp3) is 0.395. The maximum Gasteiger partial charge on any atom is 0.326 e. The second-order valence-corrected chi connectivity index (χ2v) is 15.3. The number of phenolic OH excluding ortho intramolecular Hbond substituents is 1. The number of hydrogen-bond acceptors (Lipinski definition) is 8. The number of aromatic nitrogens is 1. The Balaban J connectivity index is 1.39. The van der Waals surface area contributed by atoms with Gasteiger partial charge in [0.2, 0.25) is 29.5 Å². The molecule has 58 heavy (non-hydrogen) atoms. The minimum absolute atomic E-state index is 0.0122. The van der Waals surface area contributed by atoms with Gasteiger partial charge in [0, 0.05) is 35.9 Å². The summed E-state index contributed by atoms with van der Waals surface area (Å²) in [6.45, 7) is 6.70. The van der Waals surface area contributed by atoms with Gasteiger partial charge in [0.15, 0.2) is 0 Å². The van der Waals surface area contributed by atoms with Crippen LogP contribution in [0.4, 0.5) is 0 Å². The number of phenols is 1. The summed E-state index contributed by atoms with van der Waals surface area (Å²) in [6, 6.07) is 16.9. The van der Waals surface area contributed by atoms with E-state index >= 15 is 0 Å². The normalized spacial score (nSPS) is 16.6. The molecule has 15 nitrogen and oxygen atoms in total. The van der Waals surface area contributed by atoms with Crippen molar-refractivity contribution in [3.8, 4) is 5.75 Å². The summed E-state index contributed by atoms with van der Waals surface area (Å²) < 4.78 is 0. The highest BCUT2D eigenvalue weighted by atomic mass is 16.4. The van der Waals surface area contributed by atoms with Gasteiger partial charge < -0.3 is 47.1 Å². The predicted octanol–water partition coefficient (Wildman–Crippen LogP) is 2.30. The number of para-hydroxylation sites is 1. The largest absolute Gasteiger partial charge is 0.508 e. The standard InChI is InChI=1S/C43H53N7O8/c1-5-25(4)38(49-39(53)32(47-40(54)37(44)24(2)3)19-27-15-17-28(51)18-16-27)41(55)48-33-21-30-29-13-9-10-14-31(29)45-35(30)22-50(42(33)56)23-36(52)46-34(43(57)58)20-26-11-7-6-8-12-26/h6-18,24-25,32-34,37-38,45,51H,5,19-23,44H2,1-4H3,(H,46,52)(H,47,54)(H,48,55)(H,49,53)(H,57,58)/t25-,32-,33-,34-,37-,38-/m0/s1. The summed E-state index contributed by atoms with van der Waals surface area (Å²) in [7, 11) is 0. The number of nitrogens with one attached hydrogen (secondary N) is 5. The van der Waals surface area contributed by atoms with Crippen molar-refractivity contribution in [3.05, 3.63) is 101 Å². The van der Waals surface area contributed by atoms with Gasteiger partial charge in [0.25, 0.3) is 0 Å². The van der Waals surface area contributed by atoms with Crippen molar-refractivity contribution >= 4 is 46.4 Å². The van der Waals surface area contributed by atoms with Gasteiger partial charge in [0.1, 0.15) is 36.5 Å². The molecule has 4 aromatic rings. The fourth-order valence-corrected chi connectivity index (χ4v) is 6.98. The Hall–Kier alpha value is -6.22. The molecule has 6 atom stereocenters. The zero-order valence-corrected chi connectivity index (χ0v) is 33.2. The third-order valence-corrected chi connectivity index (χ3v) is 10.7. The molecule has 0 spiro atoms. The van der Waals surface area contributed by atoms with Crippen molar-refractivity contribution in [1.82, 2.24) is 31.2 Å². The Labute approximate surface area is 337 Å². The maximum absolute atomic E-state index is 14.3. The Bertz CT molecular complexity index is 2100. The van der Waals surface area contributed by atoms with Crippen molar-refractivity contribution < 1.29 is 39.0 Å². The van der Waals surface area contributed by atoms with Crippen molar-refractivity contribution in [1.29, 1.82) is 0 Å². The number of amides is 5. The van der Waals surface area contributed by atoms with Crippen LogP contribution in [-0.2, 0) is 54.6 Å². The fourth-order valence-electron chi connectivity index (χ4n) is 6.98. The topological polar surface area (TPSA) is 236 Å². The first kappa shape index (κ1) is 42.9. The highest BCUT2D eigenvalue weighted by Crippen LogP contribution is 2.28. The van der Waals surface area contributed by atoms with Crippen LogP contribution in [0, 0.1) is 11.8 Å². The first-order valence-corrected chi connectivity index (χ1v) is 19.5. The zero-order valence-electron chi connectivity index (χ0n) is 33.2. The van der Waals surface area contributed by atoms with E-state index in [0.29, 0.717) is 23.2 Å². The average molecular weight is 796 g/mol. The molecule has 0 bridgehead atoms. The van der Waals surface area contributed by atoms with Crippen molar-refractivity contribution in [3.63, 3.8) is 0 Å². The minimum Gasteiger partial charge on any atom is -0.508 e. The second-order valence-electron chi connectivity index (χ2n) is 15.3. The molecule has 0 radical (unpaired) electrons. The number of H-pyrrole nitrogens is 1. The number of carboxylic acids is 1. The number of aliphatic carboxylic acids is 1. The monoisotopic (exact) mass is 795 g/mol. The molecule has 1 aliphatic rings. The Morgan fingerprint density at radius 3 is 2.12 bits per heavy atom. The molecule has 0 fully saturated rings. The van der Waals surface area contributed by atoms with E-state index in [-0.39, 0.29) is 37.5 Å². The summed E-state index contributed by atoms with van der Waals surface area (Å²) in [6.07, 6.45) is 0.610. The van der Waals surface area contributed by atoms with E-state index in [1.54, 1.807) is 63.2 Å². The molecule has 3 aromatic carbocycles. The minimum atomic E-state index is -1.25. The molecule has 0 saturated heterocycles. The van der Waals surface area contributed by atoms with Gasteiger partial charge in [-0.2, -0.15) is 0 Å². The second kappa shape index (κ2) is 19.3. The van der Waals surface area contributed by atoms with Crippen LogP contribution >= 0.6 is 0 Å². The van der Waals surface area contributed by atoms with Crippen molar-refractivity contribution in [2.45, 2.75) is 90.1 Å². The van der Waals surface area contributed by atoms with Crippen LogP contribution in [0.25, 0.3) is 10.9 Å². The lowest BCUT2D eigenvalue weighted by Gasteiger charge is -2.30. The van der Waals surface area contributed by atoms with E-state index in [0.717, 1.165) is 16.5 Å². The number of benzene rings is 3. The SMILES string of the molecule is CC[C@H](C)[C@H](NC(=O)[C@H](Cc1ccc(O)cc1)NC(=O)[C@@H](N)C(C)C)C(=O)N[C@H]1Cc2c([nH]c3ccccc23)CN(CC(=O)N[C@@H](Cc2ccccc2)C(=O)O)C1=O. The molecule has 5 rings (SSSR count). The Kier molecular flexibility index (Phi) is 14.3. The van der Waals surface area contributed by atoms with E-state index in [9.17, 15) is 39.0 Å². The number of hydrogen-bond donors (Lipinski definition) is 8. The van der Waals surface area contributed by atoms with E-state index in [2.05, 4.69) is 26.3 Å². The molecule has 0 aliphatic carbocycles. The lowest BCUT2D eigenvalue weighted by atomic mass is 9.96. The average Bonchev–Trinajstić information content (AvgIpc) is 3.49. The summed E-state index contributed by atoms with van der Waals surface area (Å²) in [5.41, 5.74) is 9.69. The van der Waals surface area contributed by atoms with E-state index < -0.39 is 78.2 Å². The molecular weight excluding hydrogens is 743 g/mol. The first-order valence-electron chi connectivity index (χ1n) is 19.5. The van der Waals surface area contributed by atoms with Crippen LogP contribution in [0.2, 0.25) is 0 Å². The van der Waals surface area contributed by atoms with Crippen molar-refractivity contribution in [2.75, 3.05) is 6.54 Å². The molecule has 0 unspecified atom stereocenters. The first-order chi connectivity index (χ1) is 27.6. The molecule has 2 heterocycles. The molecule has 0 saturated carbocycles. The van der Waals surface area contributed by atoms with E-state index in [1.807, 2.05) is 31.2 Å². The van der Waals surface area contributed by atoms with Crippen LogP contribution in [0.5, 0.6) is 5.75 Å². The van der Waals surface area contributed by atoms with Gasteiger partial charge in [-0.1, -0.05) is 94.8 Å². The molecule has 1 aromatic heterocycles. The Morgan fingerprint density at radius 2 is 1.47 bits per heavy atom. The van der Waals surface area contributed by atoms with E-state index in [1.165, 1.54) is 17.0 Å².